The lowest BCUT2D eigenvalue weighted by molar-refractivity contribution is -0.152. The van der Waals surface area contributed by atoms with Gasteiger partial charge in [-0.05, 0) is 40.0 Å². The monoisotopic (exact) mass is 231 g/mol. The van der Waals surface area contributed by atoms with E-state index < -0.39 is 17.3 Å². The normalized spacial score (nSPS) is 16.9. The summed E-state index contributed by atoms with van der Waals surface area (Å²) < 4.78 is 5.75. The first kappa shape index (κ1) is 15.4. The fourth-order valence-electron chi connectivity index (χ4n) is 1.69. The van der Waals surface area contributed by atoms with E-state index in [1.54, 1.807) is 20.8 Å². The van der Waals surface area contributed by atoms with Crippen molar-refractivity contribution in [2.45, 2.75) is 59.3 Å². The second kappa shape index (κ2) is 5.15. The van der Waals surface area contributed by atoms with E-state index in [-0.39, 0.29) is 11.8 Å². The number of rotatable bonds is 6. The highest BCUT2D eigenvalue weighted by molar-refractivity contribution is 5.69. The quantitative estimate of drug-likeness (QED) is 0.687. The van der Waals surface area contributed by atoms with Crippen molar-refractivity contribution in [3.8, 4) is 0 Å². The molecule has 0 aromatic rings. The van der Waals surface area contributed by atoms with Gasteiger partial charge >= 0.3 is 5.97 Å². The van der Waals surface area contributed by atoms with Crippen LogP contribution in [-0.4, -0.2) is 22.4 Å². The number of ether oxygens (including phenoxy) is 1. The molecule has 0 amide bonds. The molecule has 0 fully saturated rings. The zero-order valence-corrected chi connectivity index (χ0v) is 11.2. The van der Waals surface area contributed by atoms with Crippen molar-refractivity contribution >= 4 is 5.97 Å². The van der Waals surface area contributed by atoms with Crippen LogP contribution in [0.5, 0.6) is 0 Å². The summed E-state index contributed by atoms with van der Waals surface area (Å²) in [6, 6.07) is 0. The van der Waals surface area contributed by atoms with Gasteiger partial charge in [-0.1, -0.05) is 13.8 Å². The second-order valence-electron chi connectivity index (χ2n) is 5.68. The smallest absolute Gasteiger partial charge is 0.306 e. The van der Waals surface area contributed by atoms with Crippen LogP contribution in [0.3, 0.4) is 0 Å². The molecule has 16 heavy (non-hydrogen) atoms. The van der Waals surface area contributed by atoms with E-state index >= 15 is 0 Å². The molecule has 4 nitrogen and oxygen atoms in total. The Morgan fingerprint density at radius 1 is 1.31 bits per heavy atom. The maximum absolute atomic E-state index is 10.8. The summed E-state index contributed by atoms with van der Waals surface area (Å²) in [7, 11) is 0. The number of carboxylic acid groups (broad SMARTS) is 1. The lowest BCUT2D eigenvalue weighted by atomic mass is 9.84. The van der Waals surface area contributed by atoms with Gasteiger partial charge in [0.2, 0.25) is 0 Å². The summed E-state index contributed by atoms with van der Waals surface area (Å²) in [4.78, 5) is 10.8. The molecule has 0 radical (unpaired) electrons. The van der Waals surface area contributed by atoms with E-state index in [0.29, 0.717) is 6.42 Å². The van der Waals surface area contributed by atoms with Crippen molar-refractivity contribution in [2.24, 2.45) is 17.6 Å². The van der Waals surface area contributed by atoms with Crippen LogP contribution in [0.2, 0.25) is 0 Å². The first-order chi connectivity index (χ1) is 6.96. The molecule has 2 atom stereocenters. The Balaban J connectivity index is 4.46. The summed E-state index contributed by atoms with van der Waals surface area (Å²) in [5.74, 6) is -1.00. The molecule has 0 rings (SSSR count). The van der Waals surface area contributed by atoms with Crippen LogP contribution in [-0.2, 0) is 9.53 Å². The first-order valence-corrected chi connectivity index (χ1v) is 5.67. The van der Waals surface area contributed by atoms with Gasteiger partial charge in [0.25, 0.3) is 0 Å². The van der Waals surface area contributed by atoms with Crippen LogP contribution < -0.4 is 5.73 Å². The Bertz CT molecular complexity index is 243. The Hall–Kier alpha value is -0.610. The minimum Gasteiger partial charge on any atom is -0.481 e. The molecule has 0 saturated heterocycles. The minimum atomic E-state index is -0.769. The number of aliphatic carboxylic acids is 1. The third-order valence-corrected chi connectivity index (χ3v) is 2.84. The SMILES string of the molecule is CC(CC(C)C(C)(C)OC(C)(C)N)C(=O)O. The van der Waals surface area contributed by atoms with Gasteiger partial charge in [0.15, 0.2) is 0 Å². The van der Waals surface area contributed by atoms with Crippen molar-refractivity contribution < 1.29 is 14.6 Å². The molecule has 0 bridgehead atoms. The number of hydrogen-bond donors (Lipinski definition) is 2. The molecule has 0 aromatic carbocycles. The number of carboxylic acids is 1. The summed E-state index contributed by atoms with van der Waals surface area (Å²) in [5, 5.41) is 8.86. The van der Waals surface area contributed by atoms with Gasteiger partial charge in [0.1, 0.15) is 5.72 Å². The van der Waals surface area contributed by atoms with Gasteiger partial charge in [0, 0.05) is 0 Å². The average Bonchev–Trinajstić information content (AvgIpc) is 1.98. The zero-order chi connectivity index (χ0) is 13.1. The van der Waals surface area contributed by atoms with Gasteiger partial charge < -0.3 is 15.6 Å². The highest BCUT2D eigenvalue weighted by Gasteiger charge is 2.33. The van der Waals surface area contributed by atoms with Crippen LogP contribution in [0.15, 0.2) is 0 Å². The molecular weight excluding hydrogens is 206 g/mol. The van der Waals surface area contributed by atoms with Crippen molar-refractivity contribution in [1.29, 1.82) is 0 Å². The molecule has 0 saturated carbocycles. The lowest BCUT2D eigenvalue weighted by Gasteiger charge is -2.38. The third-order valence-electron chi connectivity index (χ3n) is 2.84. The van der Waals surface area contributed by atoms with Gasteiger partial charge in [-0.3, -0.25) is 4.79 Å². The Morgan fingerprint density at radius 3 is 2.06 bits per heavy atom. The minimum absolute atomic E-state index is 0.126. The standard InChI is InChI=1S/C12H25NO3/c1-8(10(14)15)7-9(2)11(3,4)16-12(5,6)13/h8-9H,7,13H2,1-6H3,(H,14,15). The summed E-state index contributed by atoms with van der Waals surface area (Å²) in [6.07, 6.45) is 0.582. The van der Waals surface area contributed by atoms with Crippen molar-refractivity contribution in [3.63, 3.8) is 0 Å². The van der Waals surface area contributed by atoms with Crippen molar-refractivity contribution in [2.75, 3.05) is 0 Å². The molecule has 0 aliphatic carbocycles. The average molecular weight is 231 g/mol. The van der Waals surface area contributed by atoms with Crippen LogP contribution in [0.4, 0.5) is 0 Å². The molecule has 3 N–H and O–H groups in total. The Morgan fingerprint density at radius 2 is 1.75 bits per heavy atom. The highest BCUT2D eigenvalue weighted by Crippen LogP contribution is 2.29. The molecule has 0 aliphatic heterocycles. The van der Waals surface area contributed by atoms with Crippen LogP contribution in [0.25, 0.3) is 0 Å². The molecule has 2 unspecified atom stereocenters. The van der Waals surface area contributed by atoms with Crippen LogP contribution in [0.1, 0.15) is 48.0 Å². The van der Waals surface area contributed by atoms with E-state index in [0.717, 1.165) is 0 Å². The molecule has 0 aliphatic rings. The number of nitrogens with two attached hydrogens (primary N) is 1. The largest absolute Gasteiger partial charge is 0.481 e. The predicted molar refractivity (Wildman–Crippen MR) is 64.0 cm³/mol. The van der Waals surface area contributed by atoms with E-state index in [2.05, 4.69) is 0 Å². The second-order valence-corrected chi connectivity index (χ2v) is 5.68. The zero-order valence-electron chi connectivity index (χ0n) is 11.2. The summed E-state index contributed by atoms with van der Waals surface area (Å²) >= 11 is 0. The number of hydrogen-bond acceptors (Lipinski definition) is 3. The maximum atomic E-state index is 10.8. The molecular formula is C12H25NO3. The Kier molecular flexibility index (Phi) is 4.95. The van der Waals surface area contributed by atoms with Crippen LogP contribution in [0, 0.1) is 11.8 Å². The van der Waals surface area contributed by atoms with E-state index in [9.17, 15) is 4.79 Å². The van der Waals surface area contributed by atoms with Crippen LogP contribution >= 0.6 is 0 Å². The van der Waals surface area contributed by atoms with E-state index in [1.807, 2.05) is 20.8 Å². The van der Waals surface area contributed by atoms with Gasteiger partial charge in [-0.15, -0.1) is 0 Å². The fraction of sp³-hybridized carbons (Fsp3) is 0.917. The topological polar surface area (TPSA) is 72.5 Å². The first-order valence-electron chi connectivity index (χ1n) is 5.67. The highest BCUT2D eigenvalue weighted by atomic mass is 16.5. The molecule has 4 heteroatoms. The molecule has 0 aromatic heterocycles. The van der Waals surface area contributed by atoms with Gasteiger partial charge in [0.05, 0.1) is 11.5 Å². The summed E-state index contributed by atoms with van der Waals surface area (Å²) in [6.45, 7) is 11.2. The number of carbonyl (C=O) groups is 1. The van der Waals surface area contributed by atoms with E-state index in [1.165, 1.54) is 0 Å². The Labute approximate surface area is 98.2 Å². The summed E-state index contributed by atoms with van der Waals surface area (Å²) in [5.41, 5.74) is 4.68. The maximum Gasteiger partial charge on any atom is 0.306 e. The van der Waals surface area contributed by atoms with E-state index in [4.69, 9.17) is 15.6 Å². The molecule has 0 spiro atoms. The fourth-order valence-corrected chi connectivity index (χ4v) is 1.69. The van der Waals surface area contributed by atoms with Gasteiger partial charge in [-0.2, -0.15) is 0 Å². The van der Waals surface area contributed by atoms with Gasteiger partial charge in [-0.25, -0.2) is 0 Å². The lowest BCUT2D eigenvalue weighted by Crippen LogP contribution is -2.47. The predicted octanol–water partition coefficient (Wildman–Crippen LogP) is 2.22. The third kappa shape index (κ3) is 5.47. The van der Waals surface area contributed by atoms with Crippen molar-refractivity contribution in [1.82, 2.24) is 0 Å². The van der Waals surface area contributed by atoms with Crippen molar-refractivity contribution in [3.05, 3.63) is 0 Å². The molecule has 96 valence electrons. The molecule has 0 heterocycles.